The lowest BCUT2D eigenvalue weighted by Gasteiger charge is -2.04. The van der Waals surface area contributed by atoms with Gasteiger partial charge in [0.05, 0.1) is 17.3 Å². The molecule has 0 saturated heterocycles. The van der Waals surface area contributed by atoms with E-state index in [4.69, 9.17) is 14.2 Å². The van der Waals surface area contributed by atoms with Crippen LogP contribution < -0.4 is 53.0 Å². The number of amides is 1. The summed E-state index contributed by atoms with van der Waals surface area (Å²) in [7, 11) is 1.66. The summed E-state index contributed by atoms with van der Waals surface area (Å²) in [5, 5.41) is 3.48. The molecule has 4 aromatic rings. The van der Waals surface area contributed by atoms with Crippen molar-refractivity contribution in [3.05, 3.63) is 79.4 Å². The number of rotatable bonds is 9. The Labute approximate surface area is 217 Å². The fourth-order valence-electron chi connectivity index (χ4n) is 2.86. The normalized spacial score (nSPS) is 10.5. The molecule has 0 spiro atoms. The molecule has 33 heavy (non-hydrogen) atoms. The Balaban J connectivity index is 0.00000306. The minimum absolute atomic E-state index is 0. The molecule has 0 radical (unpaired) electrons. The number of benzene rings is 3. The van der Waals surface area contributed by atoms with E-state index < -0.39 is 21.2 Å². The Kier molecular flexibility index (Phi) is 9.48. The van der Waals surface area contributed by atoms with Gasteiger partial charge in [0.25, 0.3) is 5.91 Å². The maximum atomic E-state index is 12.8. The van der Waals surface area contributed by atoms with E-state index in [2.05, 4.69) is 28.5 Å². The minimum Gasteiger partial charge on any atom is -1.00 e. The zero-order valence-corrected chi connectivity index (χ0v) is 22.6. The summed E-state index contributed by atoms with van der Waals surface area (Å²) < 4.78 is 19.4. The van der Waals surface area contributed by atoms with Gasteiger partial charge in [-0.25, -0.2) is 4.98 Å². The van der Waals surface area contributed by atoms with Crippen molar-refractivity contribution in [2.24, 2.45) is 0 Å². The second-order valence-corrected chi connectivity index (χ2v) is 10.7. The lowest BCUT2D eigenvalue weighted by molar-refractivity contribution is -0.597. The van der Waals surface area contributed by atoms with E-state index in [1.165, 1.54) is 18.5 Å². The molecule has 0 saturated carbocycles. The summed E-state index contributed by atoms with van der Waals surface area (Å²) in [6.45, 7) is 2.73. The van der Waals surface area contributed by atoms with Crippen molar-refractivity contribution in [3.8, 4) is 11.5 Å². The van der Waals surface area contributed by atoms with Crippen LogP contribution in [0, 0.1) is 7.14 Å². The summed E-state index contributed by atoms with van der Waals surface area (Å²) in [4.78, 5) is 17.3. The number of carbonyl (C=O) groups is 1. The molecule has 0 bridgehead atoms. The maximum Gasteiger partial charge on any atom is 0.357 e. The highest BCUT2D eigenvalue weighted by Gasteiger charge is 2.18. The van der Waals surface area contributed by atoms with Crippen molar-refractivity contribution < 1.29 is 57.2 Å². The third-order valence-corrected chi connectivity index (χ3v) is 8.02. The molecule has 0 unspecified atom stereocenters. The molecule has 0 aliphatic heterocycles. The molecule has 6 nitrogen and oxygen atoms in total. The molecule has 1 heterocycles. The molecule has 0 aliphatic rings. The lowest BCUT2D eigenvalue weighted by Crippen LogP contribution is -3.61. The van der Waals surface area contributed by atoms with E-state index in [1.54, 1.807) is 7.11 Å². The van der Waals surface area contributed by atoms with Gasteiger partial charge in [-0.3, -0.25) is 10.1 Å². The number of hydrogen-bond donors (Lipinski definition) is 1. The van der Waals surface area contributed by atoms with Gasteiger partial charge < -0.3 is 31.2 Å². The summed E-state index contributed by atoms with van der Waals surface area (Å²) in [6, 6.07) is 21.5. The van der Waals surface area contributed by atoms with E-state index in [0.717, 1.165) is 16.0 Å². The highest BCUT2D eigenvalue weighted by atomic mass is 127. The van der Waals surface area contributed by atoms with E-state index in [9.17, 15) is 4.79 Å². The predicted molar refractivity (Wildman–Crippen MR) is 122 cm³/mol. The van der Waals surface area contributed by atoms with Gasteiger partial charge in [-0.2, -0.15) is 0 Å². The number of aromatic nitrogens is 1. The van der Waals surface area contributed by atoms with Crippen LogP contribution in [0.5, 0.6) is 11.5 Å². The van der Waals surface area contributed by atoms with Gasteiger partial charge in [0.1, 0.15) is 11.5 Å². The number of carbonyl (C=O) groups excluding carboxylic acids is 1. The average Bonchev–Trinajstić information content (AvgIpc) is 3.21. The van der Waals surface area contributed by atoms with Crippen LogP contribution in [0.25, 0.3) is 10.2 Å². The van der Waals surface area contributed by atoms with Crippen molar-refractivity contribution in [3.63, 3.8) is 0 Å². The van der Waals surface area contributed by atoms with Gasteiger partial charge in [-0.1, -0.05) is 17.4 Å². The fourth-order valence-corrected chi connectivity index (χ4v) is 6.06. The van der Waals surface area contributed by atoms with Gasteiger partial charge in [0.2, 0.25) is 0 Å². The summed E-state index contributed by atoms with van der Waals surface area (Å²) in [5.74, 6) is 1.38. The van der Waals surface area contributed by atoms with Gasteiger partial charge in [0.15, 0.2) is 19.1 Å². The molecule has 9 heteroatoms. The van der Waals surface area contributed by atoms with Gasteiger partial charge in [0, 0.05) is 18.2 Å². The highest BCUT2D eigenvalue weighted by Crippen LogP contribution is 2.29. The van der Waals surface area contributed by atoms with Gasteiger partial charge in [-0.05, 0) is 61.5 Å². The van der Waals surface area contributed by atoms with Crippen molar-refractivity contribution in [1.82, 2.24) is 4.98 Å². The molecule has 0 aliphatic carbocycles. The van der Waals surface area contributed by atoms with E-state index in [1.807, 2.05) is 55.5 Å². The number of nitrogens with one attached hydrogen (secondary N) is 1. The number of ether oxygens (including phenoxy) is 3. The van der Waals surface area contributed by atoms with Crippen LogP contribution in [0.15, 0.2) is 66.7 Å². The van der Waals surface area contributed by atoms with Crippen LogP contribution in [-0.4, -0.2) is 31.4 Å². The monoisotopic (exact) mass is 640 g/mol. The molecular formula is C24H22BrIN2O4S. The Morgan fingerprint density at radius 1 is 1.03 bits per heavy atom. The van der Waals surface area contributed by atoms with Crippen molar-refractivity contribution in [2.75, 3.05) is 25.8 Å². The molecule has 1 aromatic heterocycles. The van der Waals surface area contributed by atoms with Crippen LogP contribution >= 0.6 is 11.3 Å². The lowest BCUT2D eigenvalue weighted by atomic mass is 10.2. The Morgan fingerprint density at radius 2 is 1.82 bits per heavy atom. The number of anilines is 1. The maximum absolute atomic E-state index is 12.8. The fraction of sp³-hybridized carbons (Fsp3) is 0.167. The first-order valence-corrected chi connectivity index (χ1v) is 12.9. The third kappa shape index (κ3) is 6.89. The van der Waals surface area contributed by atoms with Crippen LogP contribution in [0.4, 0.5) is 5.13 Å². The number of hydrogen-bond acceptors (Lipinski definition) is 6. The first kappa shape index (κ1) is 25.4. The second kappa shape index (κ2) is 12.3. The van der Waals surface area contributed by atoms with Crippen molar-refractivity contribution >= 4 is 32.6 Å². The molecule has 0 atom stereocenters. The molecule has 1 amide bonds. The van der Waals surface area contributed by atoms with E-state index in [0.29, 0.717) is 23.1 Å². The van der Waals surface area contributed by atoms with E-state index >= 15 is 0 Å². The first-order valence-electron chi connectivity index (χ1n) is 9.96. The third-order valence-electron chi connectivity index (χ3n) is 4.45. The zero-order chi connectivity index (χ0) is 22.3. The Hall–Kier alpha value is -2.21. The number of nitrogens with zero attached hydrogens (tertiary/aromatic N) is 1. The van der Waals surface area contributed by atoms with Crippen LogP contribution in [-0.2, 0) is 4.74 Å². The predicted octanol–water partition coefficient (Wildman–Crippen LogP) is -0.938. The Bertz CT molecular complexity index is 1220. The quantitative estimate of drug-likeness (QED) is 0.145. The van der Waals surface area contributed by atoms with Crippen LogP contribution in [0.1, 0.15) is 17.3 Å². The number of thiazole rings is 1. The number of fused-ring (bicyclic) bond motifs is 1. The smallest absolute Gasteiger partial charge is 0.357 e. The second-order valence-electron chi connectivity index (χ2n) is 6.62. The molecule has 172 valence electrons. The van der Waals surface area contributed by atoms with Crippen LogP contribution in [0.2, 0.25) is 0 Å². The summed E-state index contributed by atoms with van der Waals surface area (Å²) in [6.07, 6.45) is 0. The molecule has 1 N–H and O–H groups in total. The number of halogens is 2. The highest BCUT2D eigenvalue weighted by molar-refractivity contribution is 7.22. The SMILES string of the molecule is CCOCOc1ccc2nc(NC(=O)c3cccc([I+]c4ccc(OC)cc4)c3)sc2c1.[Br-]. The summed E-state index contributed by atoms with van der Waals surface area (Å²) in [5.41, 5.74) is 1.43. The molecule has 3 aromatic carbocycles. The largest absolute Gasteiger partial charge is 1.00 e. The molecule has 4 rings (SSSR count). The standard InChI is InChI=1S/C24H21IN2O4S.BrH/c1-3-30-15-31-20-11-12-21-22(14-20)32-24(26-21)27-23(28)16-5-4-6-18(13-16)25-17-7-9-19(29-2)10-8-17;/h4-14H,3,15H2,1-2H3;1H. The minimum atomic E-state index is -0.392. The molecular weight excluding hydrogens is 619 g/mol. The summed E-state index contributed by atoms with van der Waals surface area (Å²) >= 11 is 1.02. The Morgan fingerprint density at radius 3 is 2.58 bits per heavy atom. The topological polar surface area (TPSA) is 69.7 Å². The molecule has 0 fully saturated rings. The zero-order valence-electron chi connectivity index (χ0n) is 18.0. The van der Waals surface area contributed by atoms with E-state index in [-0.39, 0.29) is 29.7 Å². The average molecular weight is 641 g/mol. The first-order chi connectivity index (χ1) is 15.6. The van der Waals surface area contributed by atoms with Crippen molar-refractivity contribution in [1.29, 1.82) is 0 Å². The van der Waals surface area contributed by atoms with Crippen molar-refractivity contribution in [2.45, 2.75) is 6.92 Å². The van der Waals surface area contributed by atoms with Gasteiger partial charge >= 0.3 is 21.2 Å². The van der Waals surface area contributed by atoms with Crippen LogP contribution in [0.3, 0.4) is 0 Å². The van der Waals surface area contributed by atoms with Gasteiger partial charge in [-0.15, -0.1) is 0 Å². The number of methoxy groups -OCH3 is 1.